The van der Waals surface area contributed by atoms with Gasteiger partial charge in [0.1, 0.15) is 5.82 Å². The Morgan fingerprint density at radius 3 is 2.47 bits per heavy atom. The maximum atomic E-state index is 12.7. The number of hydrogen-bond donors (Lipinski definition) is 1. The molecule has 0 amide bonds. The molecule has 1 N–H and O–H groups in total. The molecule has 100 valence electrons. The number of rotatable bonds is 4. The van der Waals surface area contributed by atoms with Crippen molar-refractivity contribution in [2.75, 3.05) is 0 Å². The molecule has 2 rings (SSSR count). The van der Waals surface area contributed by atoms with Crippen LogP contribution in [0.4, 0.5) is 4.39 Å². The van der Waals surface area contributed by atoms with E-state index in [2.05, 4.69) is 9.71 Å². The van der Waals surface area contributed by atoms with Crippen LogP contribution < -0.4 is 4.72 Å². The molecule has 2 aromatic rings. The van der Waals surface area contributed by atoms with Crippen LogP contribution in [0.5, 0.6) is 0 Å². The highest BCUT2D eigenvalue weighted by Gasteiger charge is 2.13. The van der Waals surface area contributed by atoms with Crippen LogP contribution >= 0.6 is 0 Å². The second-order valence-corrected chi connectivity index (χ2v) is 5.82. The van der Waals surface area contributed by atoms with E-state index < -0.39 is 15.8 Å². The molecule has 0 saturated carbocycles. The summed E-state index contributed by atoms with van der Waals surface area (Å²) >= 11 is 0. The molecule has 0 aliphatic rings. The van der Waals surface area contributed by atoms with Gasteiger partial charge in [-0.3, -0.25) is 4.98 Å². The van der Waals surface area contributed by atoms with Crippen molar-refractivity contribution in [2.45, 2.75) is 18.4 Å². The molecule has 0 bridgehead atoms. The van der Waals surface area contributed by atoms with Gasteiger partial charge in [-0.15, -0.1) is 0 Å². The van der Waals surface area contributed by atoms with Crippen molar-refractivity contribution in [3.63, 3.8) is 0 Å². The first-order chi connectivity index (χ1) is 8.97. The molecule has 19 heavy (non-hydrogen) atoms. The zero-order valence-corrected chi connectivity index (χ0v) is 11.1. The van der Waals surface area contributed by atoms with Crippen molar-refractivity contribution in [3.05, 3.63) is 59.7 Å². The van der Waals surface area contributed by atoms with Gasteiger partial charge in [-0.05, 0) is 43.3 Å². The second kappa shape index (κ2) is 5.46. The number of pyridine rings is 1. The lowest BCUT2D eigenvalue weighted by Gasteiger charge is -2.06. The zero-order valence-electron chi connectivity index (χ0n) is 10.3. The van der Waals surface area contributed by atoms with Gasteiger partial charge in [0.2, 0.25) is 10.0 Å². The lowest BCUT2D eigenvalue weighted by atomic mass is 10.3. The number of nitrogens with zero attached hydrogens (tertiary/aromatic N) is 1. The largest absolute Gasteiger partial charge is 0.257 e. The molecule has 0 spiro atoms. The van der Waals surface area contributed by atoms with Gasteiger partial charge in [0.05, 0.1) is 17.1 Å². The smallest absolute Gasteiger partial charge is 0.240 e. The highest BCUT2D eigenvalue weighted by Crippen LogP contribution is 2.10. The van der Waals surface area contributed by atoms with Crippen molar-refractivity contribution in [3.8, 4) is 0 Å². The zero-order chi connectivity index (χ0) is 13.9. The molecule has 1 aromatic heterocycles. The highest BCUT2D eigenvalue weighted by molar-refractivity contribution is 7.89. The monoisotopic (exact) mass is 280 g/mol. The van der Waals surface area contributed by atoms with E-state index in [0.29, 0.717) is 5.69 Å². The van der Waals surface area contributed by atoms with Crippen LogP contribution in [0.3, 0.4) is 0 Å². The summed E-state index contributed by atoms with van der Waals surface area (Å²) in [5, 5.41) is 0. The van der Waals surface area contributed by atoms with Crippen LogP contribution in [0.1, 0.15) is 11.4 Å². The van der Waals surface area contributed by atoms with Gasteiger partial charge in [0.15, 0.2) is 0 Å². The Balaban J connectivity index is 2.12. The van der Waals surface area contributed by atoms with Gasteiger partial charge in [-0.25, -0.2) is 17.5 Å². The van der Waals surface area contributed by atoms with Crippen LogP contribution in [0.15, 0.2) is 47.4 Å². The topological polar surface area (TPSA) is 59.1 Å². The normalized spacial score (nSPS) is 11.5. The third-order valence-corrected chi connectivity index (χ3v) is 3.93. The molecule has 0 fully saturated rings. The van der Waals surface area contributed by atoms with E-state index in [1.54, 1.807) is 6.07 Å². The van der Waals surface area contributed by atoms with E-state index in [4.69, 9.17) is 0 Å². The number of aromatic nitrogens is 1. The molecule has 0 saturated heterocycles. The van der Waals surface area contributed by atoms with E-state index in [9.17, 15) is 12.8 Å². The Kier molecular flexibility index (Phi) is 3.92. The van der Waals surface area contributed by atoms with E-state index >= 15 is 0 Å². The Morgan fingerprint density at radius 2 is 1.84 bits per heavy atom. The average Bonchev–Trinajstić information content (AvgIpc) is 2.37. The summed E-state index contributed by atoms with van der Waals surface area (Å²) in [5.41, 5.74) is 1.45. The van der Waals surface area contributed by atoms with Gasteiger partial charge in [-0.2, -0.15) is 0 Å². The fraction of sp³-hybridized carbons (Fsp3) is 0.154. The van der Waals surface area contributed by atoms with Crippen LogP contribution in [-0.2, 0) is 16.6 Å². The Bertz CT molecular complexity index is 669. The number of halogens is 1. The molecular formula is C13H13FN2O2S. The maximum absolute atomic E-state index is 12.7. The van der Waals surface area contributed by atoms with Crippen molar-refractivity contribution in [2.24, 2.45) is 0 Å². The van der Waals surface area contributed by atoms with E-state index in [1.165, 1.54) is 12.1 Å². The van der Waals surface area contributed by atoms with Gasteiger partial charge in [-0.1, -0.05) is 6.07 Å². The number of aryl methyl sites for hydroxylation is 1. The Hall–Kier alpha value is -1.79. The molecule has 0 unspecified atom stereocenters. The summed E-state index contributed by atoms with van der Waals surface area (Å²) in [7, 11) is -3.64. The Labute approximate surface area is 111 Å². The number of hydrogen-bond acceptors (Lipinski definition) is 3. The molecule has 0 aliphatic heterocycles. The molecule has 0 aliphatic carbocycles. The van der Waals surface area contributed by atoms with Gasteiger partial charge >= 0.3 is 0 Å². The highest BCUT2D eigenvalue weighted by atomic mass is 32.2. The number of benzene rings is 1. The van der Waals surface area contributed by atoms with E-state index in [0.717, 1.165) is 17.8 Å². The van der Waals surface area contributed by atoms with Gasteiger partial charge < -0.3 is 0 Å². The first-order valence-electron chi connectivity index (χ1n) is 5.65. The summed E-state index contributed by atoms with van der Waals surface area (Å²) in [6, 6.07) is 10.0. The predicted octanol–water partition coefficient (Wildman–Crippen LogP) is 2.01. The molecule has 1 heterocycles. The quantitative estimate of drug-likeness (QED) is 0.932. The fourth-order valence-corrected chi connectivity index (χ4v) is 2.56. The first kappa shape index (κ1) is 13.6. The maximum Gasteiger partial charge on any atom is 0.240 e. The molecule has 0 atom stereocenters. The average molecular weight is 280 g/mol. The second-order valence-electron chi connectivity index (χ2n) is 4.05. The van der Waals surface area contributed by atoms with Crippen LogP contribution in [0.2, 0.25) is 0 Å². The molecule has 1 aromatic carbocycles. The van der Waals surface area contributed by atoms with Crippen molar-refractivity contribution < 1.29 is 12.8 Å². The van der Waals surface area contributed by atoms with Crippen LogP contribution in [0, 0.1) is 12.7 Å². The van der Waals surface area contributed by atoms with E-state index in [1.807, 2.05) is 19.1 Å². The minimum Gasteiger partial charge on any atom is -0.257 e. The number of sulfonamides is 1. The van der Waals surface area contributed by atoms with Gasteiger partial charge in [0, 0.05) is 5.69 Å². The van der Waals surface area contributed by atoms with Crippen molar-refractivity contribution in [1.82, 2.24) is 9.71 Å². The van der Waals surface area contributed by atoms with Crippen molar-refractivity contribution in [1.29, 1.82) is 0 Å². The van der Waals surface area contributed by atoms with Crippen LogP contribution in [-0.4, -0.2) is 13.4 Å². The van der Waals surface area contributed by atoms with Crippen LogP contribution in [0.25, 0.3) is 0 Å². The lowest BCUT2D eigenvalue weighted by Crippen LogP contribution is -2.23. The summed E-state index contributed by atoms with van der Waals surface area (Å²) in [6.45, 7) is 1.93. The van der Waals surface area contributed by atoms with E-state index in [-0.39, 0.29) is 11.4 Å². The standard InChI is InChI=1S/C13H13FN2O2S/c1-10-3-2-4-12(16-10)9-15-19(17,18)13-7-5-11(14)6-8-13/h2-8,15H,9H2,1H3. The predicted molar refractivity (Wildman–Crippen MR) is 69.4 cm³/mol. The third kappa shape index (κ3) is 3.59. The molecule has 6 heteroatoms. The third-order valence-electron chi connectivity index (χ3n) is 2.51. The molecule has 4 nitrogen and oxygen atoms in total. The molecular weight excluding hydrogens is 267 g/mol. The first-order valence-corrected chi connectivity index (χ1v) is 7.13. The number of nitrogens with one attached hydrogen (secondary N) is 1. The summed E-state index contributed by atoms with van der Waals surface area (Å²) in [4.78, 5) is 4.23. The Morgan fingerprint density at radius 1 is 1.16 bits per heavy atom. The van der Waals surface area contributed by atoms with Gasteiger partial charge in [0.25, 0.3) is 0 Å². The SMILES string of the molecule is Cc1cccc(CNS(=O)(=O)c2ccc(F)cc2)n1. The summed E-state index contributed by atoms with van der Waals surface area (Å²) in [5.74, 6) is -0.473. The minimum atomic E-state index is -3.64. The summed E-state index contributed by atoms with van der Waals surface area (Å²) < 4.78 is 39.1. The van der Waals surface area contributed by atoms with Crippen molar-refractivity contribution >= 4 is 10.0 Å². The lowest BCUT2D eigenvalue weighted by molar-refractivity contribution is 0.579. The fourth-order valence-electron chi connectivity index (χ4n) is 1.56. The summed E-state index contributed by atoms with van der Waals surface area (Å²) in [6.07, 6.45) is 0. The minimum absolute atomic E-state index is 0.0292. The molecule has 0 radical (unpaired) electrons.